The number of methoxy groups -OCH3 is 1. The van der Waals surface area contributed by atoms with Gasteiger partial charge in [0.2, 0.25) is 5.91 Å². The van der Waals surface area contributed by atoms with E-state index in [0.29, 0.717) is 5.69 Å². The number of rotatable bonds is 9. The molecule has 160 valence electrons. The topological polar surface area (TPSA) is 111 Å². The predicted molar refractivity (Wildman–Crippen MR) is 112 cm³/mol. The number of nitrogens with one attached hydrogen (secondary N) is 1. The van der Waals surface area contributed by atoms with E-state index < -0.39 is 22.4 Å². The van der Waals surface area contributed by atoms with Crippen molar-refractivity contribution in [3.63, 3.8) is 0 Å². The number of amides is 2. The molecule has 0 bridgehead atoms. The van der Waals surface area contributed by atoms with E-state index in [9.17, 15) is 19.7 Å². The molecule has 2 aromatic carbocycles. The Kier molecular flexibility index (Phi) is 7.74. The number of carbonyl (C=O) groups excluding carboxylic acids is 2. The van der Waals surface area contributed by atoms with Gasteiger partial charge < -0.3 is 19.7 Å². The van der Waals surface area contributed by atoms with E-state index in [1.165, 1.54) is 20.2 Å². The highest BCUT2D eigenvalue weighted by atomic mass is 16.6. The zero-order valence-electron chi connectivity index (χ0n) is 17.4. The lowest BCUT2D eigenvalue weighted by molar-refractivity contribution is -0.385. The smallest absolute Gasteiger partial charge is 0.286 e. The normalized spacial score (nSPS) is 10.3. The van der Waals surface area contributed by atoms with Crippen LogP contribution in [0.4, 0.5) is 11.4 Å². The van der Waals surface area contributed by atoms with Crippen molar-refractivity contribution in [3.05, 3.63) is 57.6 Å². The number of likely N-dealkylation sites (N-methyl/N-ethyl adjacent to an activating group) is 1. The number of benzene rings is 2. The van der Waals surface area contributed by atoms with Crippen molar-refractivity contribution >= 4 is 23.2 Å². The van der Waals surface area contributed by atoms with Gasteiger partial charge in [0.15, 0.2) is 11.5 Å². The minimum atomic E-state index is -0.677. The third kappa shape index (κ3) is 5.25. The van der Waals surface area contributed by atoms with Crippen LogP contribution in [0.1, 0.15) is 29.8 Å². The van der Waals surface area contributed by atoms with E-state index in [1.54, 1.807) is 19.1 Å². The quantitative estimate of drug-likeness (QED) is 0.497. The minimum absolute atomic E-state index is 0.150. The van der Waals surface area contributed by atoms with Crippen molar-refractivity contribution in [1.82, 2.24) is 4.90 Å². The molecule has 1 N–H and O–H groups in total. The average Bonchev–Trinajstić information content (AvgIpc) is 2.73. The Balaban J connectivity index is 2.25. The molecule has 0 unspecified atom stereocenters. The zero-order valence-corrected chi connectivity index (χ0v) is 17.4. The summed E-state index contributed by atoms with van der Waals surface area (Å²) in [5, 5.41) is 14.3. The van der Waals surface area contributed by atoms with Crippen molar-refractivity contribution in [2.24, 2.45) is 0 Å². The summed E-state index contributed by atoms with van der Waals surface area (Å²) in [4.78, 5) is 37.2. The predicted octanol–water partition coefficient (Wildman–Crippen LogP) is 3.28. The van der Waals surface area contributed by atoms with E-state index in [-0.39, 0.29) is 30.2 Å². The highest BCUT2D eigenvalue weighted by Gasteiger charge is 2.27. The highest BCUT2D eigenvalue weighted by Crippen LogP contribution is 2.35. The lowest BCUT2D eigenvalue weighted by Crippen LogP contribution is -2.35. The van der Waals surface area contributed by atoms with Crippen LogP contribution in [0, 0.1) is 10.1 Å². The molecule has 0 aromatic heterocycles. The van der Waals surface area contributed by atoms with Crippen LogP contribution in [-0.4, -0.2) is 48.9 Å². The van der Waals surface area contributed by atoms with Crippen molar-refractivity contribution in [1.29, 1.82) is 0 Å². The van der Waals surface area contributed by atoms with Gasteiger partial charge in [0.05, 0.1) is 31.3 Å². The first-order valence-corrected chi connectivity index (χ1v) is 9.44. The molecule has 9 nitrogen and oxygen atoms in total. The van der Waals surface area contributed by atoms with Gasteiger partial charge in [-0.2, -0.15) is 0 Å². The van der Waals surface area contributed by atoms with Crippen LogP contribution in [0.5, 0.6) is 11.5 Å². The van der Waals surface area contributed by atoms with E-state index in [4.69, 9.17) is 9.47 Å². The fourth-order valence-electron chi connectivity index (χ4n) is 2.93. The minimum Gasteiger partial charge on any atom is -0.493 e. The van der Waals surface area contributed by atoms with Crippen LogP contribution in [0.25, 0.3) is 0 Å². The van der Waals surface area contributed by atoms with Crippen LogP contribution in [0.2, 0.25) is 0 Å². The highest BCUT2D eigenvalue weighted by molar-refractivity contribution is 6.02. The van der Waals surface area contributed by atoms with Crippen LogP contribution >= 0.6 is 0 Å². The molecule has 2 amide bonds. The Hall–Kier alpha value is -3.62. The summed E-state index contributed by atoms with van der Waals surface area (Å²) < 4.78 is 10.5. The third-order valence-corrected chi connectivity index (χ3v) is 4.41. The lowest BCUT2D eigenvalue weighted by atomic mass is 10.1. The summed E-state index contributed by atoms with van der Waals surface area (Å²) in [5.41, 5.74) is 1.02. The average molecular weight is 415 g/mol. The molecule has 0 aliphatic heterocycles. The van der Waals surface area contributed by atoms with E-state index in [1.807, 2.05) is 19.1 Å². The molecule has 0 aliphatic carbocycles. The summed E-state index contributed by atoms with van der Waals surface area (Å²) in [6, 6.07) is 9.78. The number of carbonyl (C=O) groups is 2. The summed E-state index contributed by atoms with van der Waals surface area (Å²) in [6.45, 7) is 3.73. The van der Waals surface area contributed by atoms with Crippen LogP contribution in [-0.2, 0) is 11.2 Å². The standard InChI is InChI=1S/C21H25N3O6/c1-5-14-9-7-8-10-16(14)22-20(25)13-23(3)21(26)15-11-19(30-6-2)18(29-4)12-17(15)24(27)28/h7-12H,5-6,13H2,1-4H3,(H,22,25). The number of nitro benzene ring substituents is 1. The zero-order chi connectivity index (χ0) is 22.3. The van der Waals surface area contributed by atoms with E-state index in [0.717, 1.165) is 23.0 Å². The molecule has 30 heavy (non-hydrogen) atoms. The molecule has 0 saturated heterocycles. The number of para-hydroxylation sites is 1. The largest absolute Gasteiger partial charge is 0.493 e. The molecule has 0 radical (unpaired) electrons. The molecule has 0 aliphatic rings. The number of nitrogens with zero attached hydrogens (tertiary/aromatic N) is 2. The van der Waals surface area contributed by atoms with Gasteiger partial charge in [-0.3, -0.25) is 19.7 Å². The summed E-state index contributed by atoms with van der Waals surface area (Å²) in [7, 11) is 2.76. The Morgan fingerprint density at radius 2 is 1.87 bits per heavy atom. The Morgan fingerprint density at radius 3 is 2.47 bits per heavy atom. The molecule has 0 heterocycles. The number of ether oxygens (including phenoxy) is 2. The SMILES string of the molecule is CCOc1cc(C(=O)N(C)CC(=O)Nc2ccccc2CC)c([N+](=O)[O-])cc1OC. The maximum absolute atomic E-state index is 12.9. The molecule has 0 saturated carbocycles. The fraction of sp³-hybridized carbons (Fsp3) is 0.333. The molecular weight excluding hydrogens is 390 g/mol. The molecular formula is C21H25N3O6. The van der Waals surface area contributed by atoms with Crippen molar-refractivity contribution in [2.45, 2.75) is 20.3 Å². The second kappa shape index (κ2) is 10.2. The van der Waals surface area contributed by atoms with Gasteiger partial charge in [0, 0.05) is 18.8 Å². The van der Waals surface area contributed by atoms with Crippen LogP contribution in [0.3, 0.4) is 0 Å². The molecule has 0 spiro atoms. The fourth-order valence-corrected chi connectivity index (χ4v) is 2.93. The van der Waals surface area contributed by atoms with E-state index >= 15 is 0 Å². The van der Waals surface area contributed by atoms with Gasteiger partial charge >= 0.3 is 0 Å². The molecule has 2 aromatic rings. The van der Waals surface area contributed by atoms with Gasteiger partial charge in [-0.15, -0.1) is 0 Å². The molecule has 9 heteroatoms. The van der Waals surface area contributed by atoms with Crippen molar-refractivity contribution < 1.29 is 24.0 Å². The Labute approximate surface area is 174 Å². The van der Waals surface area contributed by atoms with Crippen molar-refractivity contribution in [2.75, 3.05) is 32.6 Å². The number of hydrogen-bond acceptors (Lipinski definition) is 6. The second-order valence-electron chi connectivity index (χ2n) is 6.43. The van der Waals surface area contributed by atoms with Gasteiger partial charge in [0.25, 0.3) is 11.6 Å². The first-order chi connectivity index (χ1) is 14.3. The maximum Gasteiger partial charge on any atom is 0.286 e. The number of hydrogen-bond donors (Lipinski definition) is 1. The first kappa shape index (κ1) is 22.7. The first-order valence-electron chi connectivity index (χ1n) is 9.44. The summed E-state index contributed by atoms with van der Waals surface area (Å²) in [6.07, 6.45) is 0.740. The molecule has 0 atom stereocenters. The molecule has 2 rings (SSSR count). The Morgan fingerprint density at radius 1 is 1.17 bits per heavy atom. The molecule has 0 fully saturated rings. The van der Waals surface area contributed by atoms with Gasteiger partial charge in [-0.25, -0.2) is 0 Å². The third-order valence-electron chi connectivity index (χ3n) is 4.41. The monoisotopic (exact) mass is 415 g/mol. The second-order valence-corrected chi connectivity index (χ2v) is 6.43. The summed E-state index contributed by atoms with van der Waals surface area (Å²) in [5.74, 6) is -0.725. The van der Waals surface area contributed by atoms with Gasteiger partial charge in [-0.1, -0.05) is 25.1 Å². The summed E-state index contributed by atoms with van der Waals surface area (Å²) >= 11 is 0. The Bertz CT molecular complexity index is 944. The maximum atomic E-state index is 12.9. The van der Waals surface area contributed by atoms with Crippen molar-refractivity contribution in [3.8, 4) is 11.5 Å². The lowest BCUT2D eigenvalue weighted by Gasteiger charge is -2.19. The number of aryl methyl sites for hydroxylation is 1. The van der Waals surface area contributed by atoms with Gasteiger partial charge in [0.1, 0.15) is 5.56 Å². The van der Waals surface area contributed by atoms with Crippen LogP contribution < -0.4 is 14.8 Å². The van der Waals surface area contributed by atoms with Crippen LogP contribution in [0.15, 0.2) is 36.4 Å². The number of anilines is 1. The number of nitro groups is 1. The van der Waals surface area contributed by atoms with E-state index in [2.05, 4.69) is 5.32 Å². The van der Waals surface area contributed by atoms with Gasteiger partial charge in [-0.05, 0) is 25.0 Å².